The lowest BCUT2D eigenvalue weighted by molar-refractivity contribution is 1.03. The van der Waals surface area contributed by atoms with E-state index in [0.717, 1.165) is 22.9 Å². The Balaban J connectivity index is 1.98. The van der Waals surface area contributed by atoms with Gasteiger partial charge in [-0.25, -0.2) is 0 Å². The van der Waals surface area contributed by atoms with Crippen LogP contribution in [0.2, 0.25) is 0 Å². The first-order valence-electron chi connectivity index (χ1n) is 7.07. The molecular weight excluding hydrogens is 256 g/mol. The number of nitrogens with zero attached hydrogens (tertiary/aromatic N) is 1. The summed E-state index contributed by atoms with van der Waals surface area (Å²) < 4.78 is 0. The van der Waals surface area contributed by atoms with Crippen molar-refractivity contribution in [1.82, 2.24) is 4.98 Å². The number of aromatic nitrogens is 1. The second kappa shape index (κ2) is 5.90. The SMILES string of the molecule is C=C(Cc1ccccc1CN)c1cncc2ccccc12. The van der Waals surface area contributed by atoms with E-state index in [1.807, 2.05) is 36.7 Å². The quantitative estimate of drug-likeness (QED) is 0.782. The normalized spacial score (nSPS) is 10.7. The smallest absolute Gasteiger partial charge is 0.0349 e. The zero-order valence-corrected chi connectivity index (χ0v) is 11.9. The number of fused-ring (bicyclic) bond motifs is 1. The maximum Gasteiger partial charge on any atom is 0.0349 e. The first kappa shape index (κ1) is 13.5. The Bertz CT molecular complexity index is 785. The van der Waals surface area contributed by atoms with Gasteiger partial charge in [-0.1, -0.05) is 55.1 Å². The minimum absolute atomic E-state index is 0.553. The molecule has 0 bridgehead atoms. The minimum atomic E-state index is 0.553. The fourth-order valence-corrected chi connectivity index (χ4v) is 2.65. The van der Waals surface area contributed by atoms with Gasteiger partial charge in [0.2, 0.25) is 0 Å². The van der Waals surface area contributed by atoms with Crippen LogP contribution in [0.15, 0.2) is 67.5 Å². The molecule has 104 valence electrons. The number of hydrogen-bond acceptors (Lipinski definition) is 2. The molecule has 2 nitrogen and oxygen atoms in total. The van der Waals surface area contributed by atoms with Crippen molar-refractivity contribution in [2.75, 3.05) is 0 Å². The van der Waals surface area contributed by atoms with Crippen LogP contribution in [0.25, 0.3) is 16.3 Å². The lowest BCUT2D eigenvalue weighted by atomic mass is 9.94. The van der Waals surface area contributed by atoms with Crippen LogP contribution >= 0.6 is 0 Å². The molecule has 0 saturated carbocycles. The Labute approximate surface area is 124 Å². The Morgan fingerprint density at radius 1 is 0.952 bits per heavy atom. The van der Waals surface area contributed by atoms with Gasteiger partial charge in [0.15, 0.2) is 0 Å². The molecule has 0 fully saturated rings. The summed E-state index contributed by atoms with van der Waals surface area (Å²) in [6, 6.07) is 16.5. The fourth-order valence-electron chi connectivity index (χ4n) is 2.65. The van der Waals surface area contributed by atoms with Crippen LogP contribution in [0.3, 0.4) is 0 Å². The van der Waals surface area contributed by atoms with Gasteiger partial charge in [-0.15, -0.1) is 0 Å². The zero-order valence-electron chi connectivity index (χ0n) is 11.9. The van der Waals surface area contributed by atoms with Crippen molar-refractivity contribution in [3.63, 3.8) is 0 Å². The van der Waals surface area contributed by atoms with E-state index >= 15 is 0 Å². The van der Waals surface area contributed by atoms with Gasteiger partial charge in [0.05, 0.1) is 0 Å². The van der Waals surface area contributed by atoms with Gasteiger partial charge in [-0.2, -0.15) is 0 Å². The molecule has 1 heterocycles. The highest BCUT2D eigenvalue weighted by atomic mass is 14.6. The number of hydrogen-bond donors (Lipinski definition) is 1. The summed E-state index contributed by atoms with van der Waals surface area (Å²) >= 11 is 0. The Kier molecular flexibility index (Phi) is 3.80. The average Bonchev–Trinajstić information content (AvgIpc) is 2.54. The van der Waals surface area contributed by atoms with E-state index in [9.17, 15) is 0 Å². The lowest BCUT2D eigenvalue weighted by Crippen LogP contribution is -2.02. The molecule has 0 radical (unpaired) electrons. The summed E-state index contributed by atoms with van der Waals surface area (Å²) in [6.07, 6.45) is 4.58. The summed E-state index contributed by atoms with van der Waals surface area (Å²) in [4.78, 5) is 4.33. The Hall–Kier alpha value is -2.45. The molecular formula is C19H18N2. The summed E-state index contributed by atoms with van der Waals surface area (Å²) in [6.45, 7) is 4.82. The fraction of sp³-hybridized carbons (Fsp3) is 0.105. The highest BCUT2D eigenvalue weighted by Crippen LogP contribution is 2.26. The van der Waals surface area contributed by atoms with E-state index in [2.05, 4.69) is 35.8 Å². The van der Waals surface area contributed by atoms with E-state index < -0.39 is 0 Å². The van der Waals surface area contributed by atoms with Gasteiger partial charge in [-0.3, -0.25) is 4.98 Å². The molecule has 0 aliphatic heterocycles. The maximum absolute atomic E-state index is 5.81. The standard InChI is InChI=1S/C19H18N2/c1-14(10-15-6-2-3-7-16(15)11-20)19-13-21-12-17-8-4-5-9-18(17)19/h2-9,12-13H,1,10-11,20H2. The highest BCUT2D eigenvalue weighted by molar-refractivity contribution is 5.92. The molecule has 0 spiro atoms. The van der Waals surface area contributed by atoms with E-state index in [-0.39, 0.29) is 0 Å². The van der Waals surface area contributed by atoms with E-state index in [1.54, 1.807) is 0 Å². The van der Waals surface area contributed by atoms with Crippen LogP contribution in [0.4, 0.5) is 0 Å². The van der Waals surface area contributed by atoms with Gasteiger partial charge in [0.25, 0.3) is 0 Å². The lowest BCUT2D eigenvalue weighted by Gasteiger charge is -2.12. The van der Waals surface area contributed by atoms with Crippen molar-refractivity contribution in [3.05, 3.63) is 84.2 Å². The number of pyridine rings is 1. The number of benzene rings is 2. The number of allylic oxidation sites excluding steroid dienone is 1. The molecule has 3 aromatic rings. The third-order valence-electron chi connectivity index (χ3n) is 3.79. The zero-order chi connectivity index (χ0) is 14.7. The first-order valence-corrected chi connectivity index (χ1v) is 7.07. The molecule has 21 heavy (non-hydrogen) atoms. The van der Waals surface area contributed by atoms with E-state index in [1.165, 1.54) is 16.5 Å². The van der Waals surface area contributed by atoms with Gasteiger partial charge in [0, 0.05) is 29.9 Å². The van der Waals surface area contributed by atoms with Crippen molar-refractivity contribution in [1.29, 1.82) is 0 Å². The molecule has 0 amide bonds. The highest BCUT2D eigenvalue weighted by Gasteiger charge is 2.08. The van der Waals surface area contributed by atoms with Crippen LogP contribution in [-0.4, -0.2) is 4.98 Å². The number of nitrogens with two attached hydrogens (primary N) is 1. The molecule has 0 unspecified atom stereocenters. The third kappa shape index (κ3) is 2.71. The van der Waals surface area contributed by atoms with Crippen molar-refractivity contribution in [2.45, 2.75) is 13.0 Å². The van der Waals surface area contributed by atoms with Crippen LogP contribution in [0.1, 0.15) is 16.7 Å². The van der Waals surface area contributed by atoms with Crippen molar-refractivity contribution in [2.24, 2.45) is 5.73 Å². The number of rotatable bonds is 4. The van der Waals surface area contributed by atoms with Crippen LogP contribution < -0.4 is 5.73 Å². The van der Waals surface area contributed by atoms with E-state index in [0.29, 0.717) is 6.54 Å². The molecule has 2 heteroatoms. The molecule has 0 aliphatic carbocycles. The Morgan fingerprint density at radius 3 is 2.48 bits per heavy atom. The van der Waals surface area contributed by atoms with Crippen LogP contribution in [-0.2, 0) is 13.0 Å². The predicted molar refractivity (Wildman–Crippen MR) is 88.8 cm³/mol. The van der Waals surface area contributed by atoms with Crippen LogP contribution in [0.5, 0.6) is 0 Å². The van der Waals surface area contributed by atoms with Gasteiger partial charge < -0.3 is 5.73 Å². The molecule has 1 aromatic heterocycles. The van der Waals surface area contributed by atoms with E-state index in [4.69, 9.17) is 5.73 Å². The topological polar surface area (TPSA) is 38.9 Å². The summed E-state index contributed by atoms with van der Waals surface area (Å²) in [7, 11) is 0. The minimum Gasteiger partial charge on any atom is -0.326 e. The molecule has 3 rings (SSSR count). The summed E-state index contributed by atoms with van der Waals surface area (Å²) in [5, 5.41) is 2.34. The first-order chi connectivity index (χ1) is 10.3. The summed E-state index contributed by atoms with van der Waals surface area (Å²) in [5.41, 5.74) is 10.4. The maximum atomic E-state index is 5.81. The summed E-state index contributed by atoms with van der Waals surface area (Å²) in [5.74, 6) is 0. The van der Waals surface area contributed by atoms with Crippen molar-refractivity contribution < 1.29 is 0 Å². The van der Waals surface area contributed by atoms with Crippen molar-refractivity contribution >= 4 is 16.3 Å². The monoisotopic (exact) mass is 274 g/mol. The largest absolute Gasteiger partial charge is 0.326 e. The second-order valence-electron chi connectivity index (χ2n) is 5.16. The molecule has 2 aromatic carbocycles. The molecule has 0 atom stereocenters. The van der Waals surface area contributed by atoms with Gasteiger partial charge >= 0.3 is 0 Å². The average molecular weight is 274 g/mol. The molecule has 2 N–H and O–H groups in total. The van der Waals surface area contributed by atoms with Gasteiger partial charge in [-0.05, 0) is 28.5 Å². The Morgan fingerprint density at radius 2 is 1.67 bits per heavy atom. The second-order valence-corrected chi connectivity index (χ2v) is 5.16. The van der Waals surface area contributed by atoms with Gasteiger partial charge in [0.1, 0.15) is 0 Å². The molecule has 0 aliphatic rings. The van der Waals surface area contributed by atoms with Crippen LogP contribution in [0, 0.1) is 0 Å². The van der Waals surface area contributed by atoms with Crippen molar-refractivity contribution in [3.8, 4) is 0 Å². The third-order valence-corrected chi connectivity index (χ3v) is 3.79. The molecule has 0 saturated heterocycles. The predicted octanol–water partition coefficient (Wildman–Crippen LogP) is 3.95.